The summed E-state index contributed by atoms with van der Waals surface area (Å²) in [5.74, 6) is 0. The first-order chi connectivity index (χ1) is 28.8. The monoisotopic (exact) mass is 737 g/mol. The van der Waals surface area contributed by atoms with Crippen molar-refractivity contribution in [1.82, 2.24) is 4.57 Å². The van der Waals surface area contributed by atoms with Crippen LogP contribution in [0, 0.1) is 0 Å². The standard InChI is InChI=1S/C56H35NO/c1-3-13-36(14-4-1)38-25-27-39(28-26-38)43-33-42(37-15-5-2-6-16-37)34-44(35-43)57-54-46-20-10-8-18-41(46)29-31-49(54)47-21-11-22-48(55(47)57)50-23-12-24-51-53-45-19-9-7-17-40(45)30-32-52(53)58-56(50)51/h1-35H. The van der Waals surface area contributed by atoms with Crippen molar-refractivity contribution in [1.29, 1.82) is 0 Å². The highest BCUT2D eigenvalue weighted by Gasteiger charge is 2.22. The molecule has 0 saturated heterocycles. The van der Waals surface area contributed by atoms with Crippen molar-refractivity contribution >= 4 is 65.3 Å². The average Bonchev–Trinajstić information content (AvgIpc) is 3.86. The molecule has 12 rings (SSSR count). The summed E-state index contributed by atoms with van der Waals surface area (Å²) < 4.78 is 9.39. The largest absolute Gasteiger partial charge is 0.455 e. The van der Waals surface area contributed by atoms with E-state index in [1.807, 2.05) is 0 Å². The van der Waals surface area contributed by atoms with Gasteiger partial charge in [-0.2, -0.15) is 0 Å². The molecule has 0 fully saturated rings. The van der Waals surface area contributed by atoms with E-state index >= 15 is 0 Å². The van der Waals surface area contributed by atoms with Gasteiger partial charge in [0.2, 0.25) is 0 Å². The number of fused-ring (bicyclic) bond motifs is 10. The van der Waals surface area contributed by atoms with Crippen LogP contribution in [-0.4, -0.2) is 4.57 Å². The van der Waals surface area contributed by atoms with Crippen LogP contribution in [-0.2, 0) is 0 Å². The lowest BCUT2D eigenvalue weighted by Crippen LogP contribution is -1.98. The van der Waals surface area contributed by atoms with Gasteiger partial charge in [-0.15, -0.1) is 0 Å². The van der Waals surface area contributed by atoms with Crippen molar-refractivity contribution in [3.8, 4) is 50.2 Å². The van der Waals surface area contributed by atoms with E-state index in [0.717, 1.165) is 49.8 Å². The molecular formula is C56H35NO. The summed E-state index contributed by atoms with van der Waals surface area (Å²) in [7, 11) is 0. The lowest BCUT2D eigenvalue weighted by Gasteiger charge is -2.16. The third-order valence-electron chi connectivity index (χ3n) is 12.0. The second-order valence-electron chi connectivity index (χ2n) is 15.2. The average molecular weight is 738 g/mol. The molecule has 0 saturated carbocycles. The first-order valence-corrected chi connectivity index (χ1v) is 19.9. The van der Waals surface area contributed by atoms with E-state index in [1.165, 1.54) is 65.7 Å². The van der Waals surface area contributed by atoms with E-state index in [2.05, 4.69) is 217 Å². The predicted octanol–water partition coefficient (Wildman–Crippen LogP) is 15.7. The van der Waals surface area contributed by atoms with E-state index in [9.17, 15) is 0 Å². The molecule has 2 heterocycles. The van der Waals surface area contributed by atoms with Crippen molar-refractivity contribution in [3.05, 3.63) is 212 Å². The summed E-state index contributed by atoms with van der Waals surface area (Å²) in [6, 6.07) is 77.0. The third kappa shape index (κ3) is 5.05. The molecule has 2 heteroatoms. The Balaban J connectivity index is 1.17. The molecule has 270 valence electrons. The van der Waals surface area contributed by atoms with Crippen LogP contribution in [0.2, 0.25) is 0 Å². The highest BCUT2D eigenvalue weighted by molar-refractivity contribution is 6.24. The number of hydrogen-bond donors (Lipinski definition) is 0. The normalized spacial score (nSPS) is 11.8. The van der Waals surface area contributed by atoms with Crippen LogP contribution >= 0.6 is 0 Å². The molecule has 0 N–H and O–H groups in total. The zero-order valence-electron chi connectivity index (χ0n) is 31.6. The summed E-state index contributed by atoms with van der Waals surface area (Å²) in [6.07, 6.45) is 0. The fourth-order valence-electron chi connectivity index (χ4n) is 9.27. The van der Waals surface area contributed by atoms with Crippen LogP contribution in [0.1, 0.15) is 0 Å². The molecular weight excluding hydrogens is 703 g/mol. The van der Waals surface area contributed by atoms with Crippen LogP contribution in [0.5, 0.6) is 0 Å². The molecule has 12 aromatic rings. The molecule has 0 aliphatic rings. The van der Waals surface area contributed by atoms with E-state index < -0.39 is 0 Å². The van der Waals surface area contributed by atoms with Crippen molar-refractivity contribution in [2.45, 2.75) is 0 Å². The number of furan rings is 1. The van der Waals surface area contributed by atoms with E-state index in [4.69, 9.17) is 4.42 Å². The van der Waals surface area contributed by atoms with Crippen molar-refractivity contribution in [2.24, 2.45) is 0 Å². The lowest BCUT2D eigenvalue weighted by molar-refractivity contribution is 0.670. The van der Waals surface area contributed by atoms with Gasteiger partial charge in [-0.1, -0.05) is 188 Å². The van der Waals surface area contributed by atoms with Crippen LogP contribution < -0.4 is 0 Å². The smallest absolute Gasteiger partial charge is 0.143 e. The molecule has 0 bridgehead atoms. The van der Waals surface area contributed by atoms with E-state index in [1.54, 1.807) is 0 Å². The topological polar surface area (TPSA) is 18.1 Å². The Kier molecular flexibility index (Phi) is 7.26. The maximum Gasteiger partial charge on any atom is 0.143 e. The zero-order valence-corrected chi connectivity index (χ0v) is 31.6. The number of para-hydroxylation sites is 2. The quantitative estimate of drug-likeness (QED) is 0.172. The van der Waals surface area contributed by atoms with Crippen molar-refractivity contribution in [3.63, 3.8) is 0 Å². The molecule has 58 heavy (non-hydrogen) atoms. The minimum absolute atomic E-state index is 0.901. The number of benzene rings is 10. The molecule has 0 atom stereocenters. The maximum absolute atomic E-state index is 6.87. The number of hydrogen-bond acceptors (Lipinski definition) is 1. The molecule has 0 spiro atoms. The predicted molar refractivity (Wildman–Crippen MR) is 245 cm³/mol. The Morgan fingerprint density at radius 3 is 1.55 bits per heavy atom. The van der Waals surface area contributed by atoms with Gasteiger partial charge in [-0.3, -0.25) is 0 Å². The number of rotatable bonds is 5. The van der Waals surface area contributed by atoms with Gasteiger partial charge in [0.15, 0.2) is 0 Å². The van der Waals surface area contributed by atoms with Gasteiger partial charge in [0.25, 0.3) is 0 Å². The second-order valence-corrected chi connectivity index (χ2v) is 15.2. The molecule has 0 aliphatic carbocycles. The highest BCUT2D eigenvalue weighted by Crippen LogP contribution is 2.45. The van der Waals surface area contributed by atoms with E-state index in [0.29, 0.717) is 0 Å². The third-order valence-corrected chi connectivity index (χ3v) is 12.0. The van der Waals surface area contributed by atoms with Gasteiger partial charge in [-0.25, -0.2) is 0 Å². The molecule has 0 amide bonds. The zero-order chi connectivity index (χ0) is 38.2. The summed E-state index contributed by atoms with van der Waals surface area (Å²) in [4.78, 5) is 0. The molecule has 10 aromatic carbocycles. The minimum Gasteiger partial charge on any atom is -0.455 e. The Labute approximate surface area is 335 Å². The summed E-state index contributed by atoms with van der Waals surface area (Å²) in [6.45, 7) is 0. The summed E-state index contributed by atoms with van der Waals surface area (Å²) in [5.41, 5.74) is 14.6. The SMILES string of the molecule is c1ccc(-c2ccc(-c3cc(-c4ccccc4)cc(-n4c5c(-c6cccc7c6oc6ccc8ccccc8c67)cccc5c5ccc6ccccc6c54)c3)cc2)cc1. The van der Waals surface area contributed by atoms with Crippen molar-refractivity contribution < 1.29 is 4.42 Å². The molecule has 0 radical (unpaired) electrons. The first-order valence-electron chi connectivity index (χ1n) is 19.9. The second kappa shape index (κ2) is 12.9. The number of aromatic nitrogens is 1. The molecule has 2 nitrogen and oxygen atoms in total. The van der Waals surface area contributed by atoms with Crippen LogP contribution in [0.4, 0.5) is 0 Å². The molecule has 2 aromatic heterocycles. The van der Waals surface area contributed by atoms with Crippen LogP contribution in [0.3, 0.4) is 0 Å². The highest BCUT2D eigenvalue weighted by atomic mass is 16.3. The Morgan fingerprint density at radius 2 is 0.828 bits per heavy atom. The first kappa shape index (κ1) is 32.6. The molecule has 0 unspecified atom stereocenters. The Bertz CT molecular complexity index is 3540. The van der Waals surface area contributed by atoms with Gasteiger partial charge in [0.1, 0.15) is 11.2 Å². The van der Waals surface area contributed by atoms with Gasteiger partial charge in [0.05, 0.1) is 11.0 Å². The van der Waals surface area contributed by atoms with Crippen molar-refractivity contribution in [2.75, 3.05) is 0 Å². The Morgan fingerprint density at radius 1 is 0.310 bits per heavy atom. The van der Waals surface area contributed by atoms with E-state index in [-0.39, 0.29) is 0 Å². The van der Waals surface area contributed by atoms with Gasteiger partial charge < -0.3 is 8.98 Å². The summed E-state index contributed by atoms with van der Waals surface area (Å²) in [5, 5.41) is 9.55. The van der Waals surface area contributed by atoms with Gasteiger partial charge in [-0.05, 0) is 73.8 Å². The fraction of sp³-hybridized carbons (Fsp3) is 0. The fourth-order valence-corrected chi connectivity index (χ4v) is 9.27. The lowest BCUT2D eigenvalue weighted by atomic mass is 9.96. The van der Waals surface area contributed by atoms with Gasteiger partial charge >= 0.3 is 0 Å². The maximum atomic E-state index is 6.87. The van der Waals surface area contributed by atoms with Crippen LogP contribution in [0.15, 0.2) is 217 Å². The Hall–Kier alpha value is -7.68. The minimum atomic E-state index is 0.901. The number of nitrogens with zero attached hydrogens (tertiary/aromatic N) is 1. The summed E-state index contributed by atoms with van der Waals surface area (Å²) >= 11 is 0. The van der Waals surface area contributed by atoms with Crippen LogP contribution in [0.25, 0.3) is 115 Å². The molecule has 0 aliphatic heterocycles. The van der Waals surface area contributed by atoms with Gasteiger partial charge in [0, 0.05) is 43.7 Å².